The molecule has 11 heavy (non-hydrogen) atoms. The maximum atomic E-state index is 11.8. The molecular formula is C5H6F3N3. The third kappa shape index (κ3) is 1.70. The van der Waals surface area contributed by atoms with Crippen LogP contribution in [0.5, 0.6) is 0 Å². The van der Waals surface area contributed by atoms with Crippen molar-refractivity contribution in [2.75, 3.05) is 0 Å². The van der Waals surface area contributed by atoms with Crippen LogP contribution in [0.3, 0.4) is 0 Å². The van der Waals surface area contributed by atoms with E-state index in [1.54, 1.807) is 0 Å². The molecule has 0 saturated carbocycles. The Bertz CT molecular complexity index is 215. The van der Waals surface area contributed by atoms with E-state index >= 15 is 0 Å². The maximum absolute atomic E-state index is 11.8. The van der Waals surface area contributed by atoms with Gasteiger partial charge in [0.05, 0.1) is 0 Å². The lowest BCUT2D eigenvalue weighted by molar-refractivity contribution is -0.150. The number of H-pyrrole nitrogens is 1. The molecule has 1 aromatic rings. The van der Waals surface area contributed by atoms with Gasteiger partial charge in [-0.05, 0) is 0 Å². The number of nitrogens with two attached hydrogens (primary N) is 1. The second-order valence-electron chi connectivity index (χ2n) is 1.99. The molecule has 0 aromatic carbocycles. The summed E-state index contributed by atoms with van der Waals surface area (Å²) in [6, 6.07) is -2.02. The fourth-order valence-electron chi connectivity index (χ4n) is 0.603. The fourth-order valence-corrected chi connectivity index (χ4v) is 0.603. The van der Waals surface area contributed by atoms with E-state index in [9.17, 15) is 13.2 Å². The minimum atomic E-state index is -4.43. The van der Waals surface area contributed by atoms with E-state index in [0.717, 1.165) is 0 Å². The number of aromatic amines is 1. The molecule has 0 saturated heterocycles. The Morgan fingerprint density at radius 2 is 2.18 bits per heavy atom. The molecular weight excluding hydrogens is 159 g/mol. The number of alkyl halides is 3. The summed E-state index contributed by atoms with van der Waals surface area (Å²) in [6.45, 7) is 0. The number of rotatable bonds is 1. The first-order chi connectivity index (χ1) is 5.02. The second-order valence-corrected chi connectivity index (χ2v) is 1.99. The van der Waals surface area contributed by atoms with Gasteiger partial charge in [-0.1, -0.05) is 0 Å². The molecule has 0 bridgehead atoms. The maximum Gasteiger partial charge on any atom is 0.410 e. The fraction of sp³-hybridized carbons (Fsp3) is 0.400. The van der Waals surface area contributed by atoms with Crippen LogP contribution in [0.4, 0.5) is 13.2 Å². The van der Waals surface area contributed by atoms with Crippen LogP contribution < -0.4 is 5.73 Å². The van der Waals surface area contributed by atoms with Crippen LogP contribution in [0.1, 0.15) is 11.9 Å². The Hall–Kier alpha value is -1.04. The first kappa shape index (κ1) is 8.06. The van der Waals surface area contributed by atoms with E-state index in [4.69, 9.17) is 5.73 Å². The van der Waals surface area contributed by atoms with Gasteiger partial charge in [0.1, 0.15) is 5.82 Å². The molecule has 1 heterocycles. The average Bonchev–Trinajstić information content (AvgIpc) is 2.34. The van der Waals surface area contributed by atoms with Crippen LogP contribution >= 0.6 is 0 Å². The minimum absolute atomic E-state index is 0.266. The minimum Gasteiger partial charge on any atom is -0.347 e. The lowest BCUT2D eigenvalue weighted by Crippen LogP contribution is -2.29. The van der Waals surface area contributed by atoms with E-state index in [2.05, 4.69) is 9.97 Å². The van der Waals surface area contributed by atoms with Gasteiger partial charge in [-0.2, -0.15) is 13.2 Å². The zero-order valence-corrected chi connectivity index (χ0v) is 5.39. The van der Waals surface area contributed by atoms with Gasteiger partial charge in [0.2, 0.25) is 0 Å². The quantitative estimate of drug-likeness (QED) is 0.651. The number of halogens is 3. The second kappa shape index (κ2) is 2.54. The molecule has 0 aliphatic rings. The molecule has 0 fully saturated rings. The summed E-state index contributed by atoms with van der Waals surface area (Å²) in [7, 11) is 0. The Balaban J connectivity index is 2.78. The molecule has 0 aliphatic heterocycles. The molecule has 1 unspecified atom stereocenters. The first-order valence-electron chi connectivity index (χ1n) is 2.83. The Kier molecular flexibility index (Phi) is 1.86. The van der Waals surface area contributed by atoms with E-state index in [0.29, 0.717) is 0 Å². The highest BCUT2D eigenvalue weighted by Gasteiger charge is 2.39. The van der Waals surface area contributed by atoms with Gasteiger partial charge in [-0.15, -0.1) is 0 Å². The van der Waals surface area contributed by atoms with Crippen LogP contribution in [-0.4, -0.2) is 16.1 Å². The molecule has 0 amide bonds. The van der Waals surface area contributed by atoms with E-state index in [1.807, 2.05) is 0 Å². The zero-order chi connectivity index (χ0) is 8.48. The normalized spacial score (nSPS) is 14.9. The van der Waals surface area contributed by atoms with Gasteiger partial charge < -0.3 is 10.7 Å². The number of aromatic nitrogens is 2. The van der Waals surface area contributed by atoms with Crippen molar-refractivity contribution < 1.29 is 13.2 Å². The molecule has 0 aliphatic carbocycles. The van der Waals surface area contributed by atoms with Crippen molar-refractivity contribution in [2.45, 2.75) is 12.2 Å². The van der Waals surface area contributed by atoms with Crippen molar-refractivity contribution in [1.29, 1.82) is 0 Å². The lowest BCUT2D eigenvalue weighted by atomic mass is 10.3. The summed E-state index contributed by atoms with van der Waals surface area (Å²) in [5.41, 5.74) is 4.80. The van der Waals surface area contributed by atoms with Crippen molar-refractivity contribution >= 4 is 0 Å². The summed E-state index contributed by atoms with van der Waals surface area (Å²) in [6.07, 6.45) is -1.92. The van der Waals surface area contributed by atoms with Crippen LogP contribution in [0, 0.1) is 0 Å². The van der Waals surface area contributed by atoms with Crippen molar-refractivity contribution in [3.63, 3.8) is 0 Å². The summed E-state index contributed by atoms with van der Waals surface area (Å²) in [5.74, 6) is -0.266. The summed E-state index contributed by atoms with van der Waals surface area (Å²) in [5, 5.41) is 0. The predicted molar refractivity (Wildman–Crippen MR) is 31.6 cm³/mol. The van der Waals surface area contributed by atoms with Crippen molar-refractivity contribution in [2.24, 2.45) is 5.73 Å². The van der Waals surface area contributed by atoms with Crippen LogP contribution in [0.2, 0.25) is 0 Å². The van der Waals surface area contributed by atoms with Crippen LogP contribution in [0.15, 0.2) is 12.4 Å². The lowest BCUT2D eigenvalue weighted by Gasteiger charge is -2.12. The highest BCUT2D eigenvalue weighted by molar-refractivity contribution is 4.97. The number of hydrogen-bond donors (Lipinski definition) is 2. The van der Waals surface area contributed by atoms with Gasteiger partial charge in [0, 0.05) is 12.4 Å². The predicted octanol–water partition coefficient (Wildman–Crippen LogP) is 0.972. The molecule has 0 spiro atoms. The Labute approximate surface area is 60.4 Å². The Morgan fingerprint density at radius 1 is 1.55 bits per heavy atom. The zero-order valence-electron chi connectivity index (χ0n) is 5.39. The largest absolute Gasteiger partial charge is 0.410 e. The monoisotopic (exact) mass is 165 g/mol. The highest BCUT2D eigenvalue weighted by atomic mass is 19.4. The standard InChI is InChI=1S/C5H6F3N3/c6-5(7,8)3(9)4-10-1-2-11-4/h1-3H,9H2,(H,10,11). The van der Waals surface area contributed by atoms with Crippen molar-refractivity contribution in [3.05, 3.63) is 18.2 Å². The van der Waals surface area contributed by atoms with Gasteiger partial charge in [-0.25, -0.2) is 4.98 Å². The van der Waals surface area contributed by atoms with Gasteiger partial charge in [-0.3, -0.25) is 0 Å². The number of hydrogen-bond acceptors (Lipinski definition) is 2. The first-order valence-corrected chi connectivity index (χ1v) is 2.83. The van der Waals surface area contributed by atoms with Gasteiger partial charge in [0.25, 0.3) is 0 Å². The van der Waals surface area contributed by atoms with E-state index in [-0.39, 0.29) is 5.82 Å². The molecule has 1 atom stereocenters. The average molecular weight is 165 g/mol. The topological polar surface area (TPSA) is 54.7 Å². The molecule has 6 heteroatoms. The SMILES string of the molecule is NC(c1ncc[nH]1)C(F)(F)F. The van der Waals surface area contributed by atoms with Gasteiger partial charge >= 0.3 is 6.18 Å². The smallest absolute Gasteiger partial charge is 0.347 e. The molecule has 62 valence electrons. The molecule has 1 rings (SSSR count). The van der Waals surface area contributed by atoms with Crippen LogP contribution in [-0.2, 0) is 0 Å². The molecule has 1 aromatic heterocycles. The third-order valence-electron chi connectivity index (χ3n) is 1.17. The third-order valence-corrected chi connectivity index (χ3v) is 1.17. The Morgan fingerprint density at radius 3 is 2.55 bits per heavy atom. The number of nitrogens with zero attached hydrogens (tertiary/aromatic N) is 1. The number of nitrogens with one attached hydrogen (secondary N) is 1. The van der Waals surface area contributed by atoms with E-state index in [1.165, 1.54) is 12.4 Å². The highest BCUT2D eigenvalue weighted by Crippen LogP contribution is 2.27. The summed E-state index contributed by atoms with van der Waals surface area (Å²) in [4.78, 5) is 5.67. The molecule has 0 radical (unpaired) electrons. The van der Waals surface area contributed by atoms with Gasteiger partial charge in [0.15, 0.2) is 6.04 Å². The van der Waals surface area contributed by atoms with E-state index < -0.39 is 12.2 Å². The van der Waals surface area contributed by atoms with Crippen LogP contribution in [0.25, 0.3) is 0 Å². The summed E-state index contributed by atoms with van der Waals surface area (Å²) >= 11 is 0. The molecule has 3 nitrogen and oxygen atoms in total. The van der Waals surface area contributed by atoms with Crippen molar-refractivity contribution in [1.82, 2.24) is 9.97 Å². The van der Waals surface area contributed by atoms with Crippen molar-refractivity contribution in [3.8, 4) is 0 Å². The summed E-state index contributed by atoms with van der Waals surface area (Å²) < 4.78 is 35.5. The molecule has 3 N–H and O–H groups in total. The number of imidazole rings is 1.